The molecule has 0 unspecified atom stereocenters. The molecule has 3 aromatic carbocycles. The zero-order valence-corrected chi connectivity index (χ0v) is 21.6. The van der Waals surface area contributed by atoms with Crippen LogP contribution >= 0.6 is 0 Å². The highest BCUT2D eigenvalue weighted by atomic mass is 15.3. The van der Waals surface area contributed by atoms with Gasteiger partial charge in [-0.2, -0.15) is 20.6 Å². The second kappa shape index (κ2) is 9.97. The summed E-state index contributed by atoms with van der Waals surface area (Å²) in [5.74, 6) is 0. The maximum absolute atomic E-state index is 9.12. The smallest absolute Gasteiger partial charge is 0.158 e. The van der Waals surface area contributed by atoms with E-state index in [0.29, 0.717) is 12.1 Å². The molecule has 0 fully saturated rings. The molecule has 4 aromatic heterocycles. The number of nitriles is 1. The van der Waals surface area contributed by atoms with Crippen molar-refractivity contribution in [3.63, 3.8) is 0 Å². The molecule has 0 aliphatic rings. The summed E-state index contributed by atoms with van der Waals surface area (Å²) in [6.45, 7) is 1.31. The summed E-state index contributed by atoms with van der Waals surface area (Å²) >= 11 is 0. The molecular weight excluding hydrogens is 496 g/mol. The number of aryl methyl sites for hydroxylation is 2. The summed E-state index contributed by atoms with van der Waals surface area (Å²) in [6.07, 6.45) is 6.39. The topological polar surface area (TPSA) is 101 Å². The normalized spacial score (nSPS) is 11.3. The Morgan fingerprint density at radius 2 is 1.70 bits per heavy atom. The van der Waals surface area contributed by atoms with E-state index in [-0.39, 0.29) is 0 Å². The lowest BCUT2D eigenvalue weighted by Gasteiger charge is -2.09. The first-order valence-corrected chi connectivity index (χ1v) is 13.1. The first kappa shape index (κ1) is 23.6. The molecule has 0 aliphatic heterocycles. The van der Waals surface area contributed by atoms with E-state index >= 15 is 0 Å². The quantitative estimate of drug-likeness (QED) is 0.278. The van der Waals surface area contributed by atoms with Crippen LogP contribution in [-0.2, 0) is 19.5 Å². The van der Waals surface area contributed by atoms with Gasteiger partial charge in [0.1, 0.15) is 5.69 Å². The summed E-state index contributed by atoms with van der Waals surface area (Å²) in [6, 6.07) is 30.6. The molecule has 7 rings (SSSR count). The van der Waals surface area contributed by atoms with Crippen LogP contribution in [0.1, 0.15) is 16.7 Å². The van der Waals surface area contributed by atoms with Crippen LogP contribution in [0.4, 0.5) is 0 Å². The average molecular weight is 521 g/mol. The van der Waals surface area contributed by atoms with Crippen LogP contribution in [0.2, 0.25) is 0 Å². The van der Waals surface area contributed by atoms with Gasteiger partial charge in [0.05, 0.1) is 35.6 Å². The standard InChI is InChI=1S/C32H24N8/c33-18-23-6-8-24(9-7-23)21-40-30(12-14-36-40)27-16-28-31(25-10-11-26-20-35-37-29(26)17-25)38-39(32(28)34-19-27)15-13-22-4-2-1-3-5-22/h1-12,14,16-17,19-20H,13,15,21H2,(H,35,37). The molecule has 1 N–H and O–H groups in total. The Morgan fingerprint density at radius 3 is 2.55 bits per heavy atom. The molecule has 0 spiro atoms. The first-order chi connectivity index (χ1) is 19.7. The van der Waals surface area contributed by atoms with Gasteiger partial charge in [0.2, 0.25) is 0 Å². The van der Waals surface area contributed by atoms with E-state index < -0.39 is 0 Å². The van der Waals surface area contributed by atoms with Crippen molar-refractivity contribution in [2.75, 3.05) is 0 Å². The Hall–Kier alpha value is -5.55. The molecular formula is C32H24N8. The number of hydrogen-bond acceptors (Lipinski definition) is 5. The van der Waals surface area contributed by atoms with Crippen LogP contribution in [0, 0.1) is 11.3 Å². The van der Waals surface area contributed by atoms with Crippen molar-refractivity contribution >= 4 is 21.9 Å². The molecule has 0 saturated carbocycles. The number of nitrogens with one attached hydrogen (secondary N) is 1. The molecule has 0 amide bonds. The second-order valence-corrected chi connectivity index (χ2v) is 9.76. The predicted molar refractivity (Wildman–Crippen MR) is 154 cm³/mol. The SMILES string of the molecule is N#Cc1ccc(Cn2nccc2-c2cnc3c(c2)c(-c2ccc4cn[nH]c4c2)nn3CCc2ccccc2)cc1. The third-order valence-electron chi connectivity index (χ3n) is 7.19. The third-order valence-corrected chi connectivity index (χ3v) is 7.19. The average Bonchev–Trinajstić information content (AvgIpc) is 3.75. The number of nitrogens with zero attached hydrogens (tertiary/aromatic N) is 7. The van der Waals surface area contributed by atoms with Crippen LogP contribution in [0.5, 0.6) is 0 Å². The van der Waals surface area contributed by atoms with Crippen molar-refractivity contribution < 1.29 is 0 Å². The van der Waals surface area contributed by atoms with E-state index in [0.717, 1.165) is 63.0 Å². The van der Waals surface area contributed by atoms with E-state index in [9.17, 15) is 0 Å². The van der Waals surface area contributed by atoms with Crippen molar-refractivity contribution in [3.05, 3.63) is 120 Å². The molecule has 0 aliphatic carbocycles. The summed E-state index contributed by atoms with van der Waals surface area (Å²) < 4.78 is 3.97. The number of aromatic nitrogens is 7. The van der Waals surface area contributed by atoms with Gasteiger partial charge in [0, 0.05) is 40.8 Å². The minimum atomic E-state index is 0.589. The van der Waals surface area contributed by atoms with Gasteiger partial charge in [-0.3, -0.25) is 9.78 Å². The van der Waals surface area contributed by atoms with Crippen LogP contribution in [0.3, 0.4) is 0 Å². The summed E-state index contributed by atoms with van der Waals surface area (Å²) in [7, 11) is 0. The van der Waals surface area contributed by atoms with Gasteiger partial charge in [-0.1, -0.05) is 54.6 Å². The summed E-state index contributed by atoms with van der Waals surface area (Å²) in [4.78, 5) is 4.92. The van der Waals surface area contributed by atoms with Gasteiger partial charge in [-0.15, -0.1) is 0 Å². The van der Waals surface area contributed by atoms with Crippen molar-refractivity contribution in [3.8, 4) is 28.6 Å². The number of hydrogen-bond donors (Lipinski definition) is 1. The minimum Gasteiger partial charge on any atom is -0.278 e. The van der Waals surface area contributed by atoms with E-state index in [2.05, 4.69) is 69.9 Å². The van der Waals surface area contributed by atoms with Crippen LogP contribution in [0.25, 0.3) is 44.5 Å². The third kappa shape index (κ3) is 4.40. The van der Waals surface area contributed by atoms with Crippen LogP contribution < -0.4 is 0 Å². The van der Waals surface area contributed by atoms with Crippen LogP contribution in [0.15, 0.2) is 104 Å². The maximum Gasteiger partial charge on any atom is 0.158 e. The molecule has 8 heteroatoms. The number of benzene rings is 3. The highest BCUT2D eigenvalue weighted by Gasteiger charge is 2.17. The maximum atomic E-state index is 9.12. The summed E-state index contributed by atoms with van der Waals surface area (Å²) in [5, 5.41) is 28.1. The van der Waals surface area contributed by atoms with E-state index in [1.54, 1.807) is 6.20 Å². The minimum absolute atomic E-state index is 0.589. The fraction of sp³-hybridized carbons (Fsp3) is 0.0938. The van der Waals surface area contributed by atoms with Gasteiger partial charge in [-0.25, -0.2) is 9.67 Å². The first-order valence-electron chi connectivity index (χ1n) is 13.1. The molecule has 4 heterocycles. The second-order valence-electron chi connectivity index (χ2n) is 9.76. The highest BCUT2D eigenvalue weighted by molar-refractivity contribution is 5.95. The van der Waals surface area contributed by atoms with Gasteiger partial charge in [-0.05, 0) is 47.9 Å². The van der Waals surface area contributed by atoms with Gasteiger partial charge < -0.3 is 0 Å². The Morgan fingerprint density at radius 1 is 0.825 bits per heavy atom. The molecule has 0 saturated heterocycles. The van der Waals surface area contributed by atoms with Gasteiger partial charge in [0.15, 0.2) is 5.65 Å². The Bertz CT molecular complexity index is 1990. The highest BCUT2D eigenvalue weighted by Crippen LogP contribution is 2.32. The lowest BCUT2D eigenvalue weighted by Crippen LogP contribution is -2.05. The van der Waals surface area contributed by atoms with Crippen molar-refractivity contribution in [1.29, 1.82) is 5.26 Å². The molecule has 40 heavy (non-hydrogen) atoms. The lowest BCUT2D eigenvalue weighted by atomic mass is 10.1. The van der Waals surface area contributed by atoms with Gasteiger partial charge >= 0.3 is 0 Å². The molecule has 0 atom stereocenters. The molecule has 0 radical (unpaired) electrons. The fourth-order valence-corrected chi connectivity index (χ4v) is 5.09. The summed E-state index contributed by atoms with van der Waals surface area (Å²) in [5.41, 5.74) is 8.60. The number of rotatable bonds is 7. The number of H-pyrrole nitrogens is 1. The Balaban J connectivity index is 1.30. The zero-order valence-electron chi connectivity index (χ0n) is 21.6. The number of pyridine rings is 1. The molecule has 7 aromatic rings. The van der Waals surface area contributed by atoms with Gasteiger partial charge in [0.25, 0.3) is 0 Å². The van der Waals surface area contributed by atoms with Crippen molar-refractivity contribution in [2.24, 2.45) is 0 Å². The molecule has 8 nitrogen and oxygen atoms in total. The van der Waals surface area contributed by atoms with E-state index in [1.165, 1.54) is 5.56 Å². The monoisotopic (exact) mass is 520 g/mol. The number of fused-ring (bicyclic) bond motifs is 2. The molecule has 192 valence electrons. The fourth-order valence-electron chi connectivity index (χ4n) is 5.09. The lowest BCUT2D eigenvalue weighted by molar-refractivity contribution is 0.632. The largest absolute Gasteiger partial charge is 0.278 e. The zero-order chi connectivity index (χ0) is 26.9. The van der Waals surface area contributed by atoms with Crippen LogP contribution in [-0.4, -0.2) is 34.7 Å². The number of aromatic amines is 1. The predicted octanol–water partition coefficient (Wildman–Crippen LogP) is 6.00. The van der Waals surface area contributed by atoms with E-state index in [1.807, 2.05) is 58.2 Å². The van der Waals surface area contributed by atoms with Crippen molar-refractivity contribution in [2.45, 2.75) is 19.5 Å². The van der Waals surface area contributed by atoms with Crippen molar-refractivity contribution in [1.82, 2.24) is 34.7 Å². The molecule has 0 bridgehead atoms. The Labute approximate surface area is 230 Å². The van der Waals surface area contributed by atoms with E-state index in [4.69, 9.17) is 15.3 Å². The Kier molecular flexibility index (Phi) is 5.87.